The normalized spacial score (nSPS) is 24.0. The molecule has 18 heavy (non-hydrogen) atoms. The molecule has 0 bridgehead atoms. The Labute approximate surface area is 115 Å². The molecule has 2 atom stereocenters. The molecule has 1 heterocycles. The molecule has 2 unspecified atom stereocenters. The summed E-state index contributed by atoms with van der Waals surface area (Å²) in [6.07, 6.45) is 7.77. The highest BCUT2D eigenvalue weighted by Gasteiger charge is 2.22. The van der Waals surface area contributed by atoms with E-state index in [0.717, 1.165) is 24.2 Å². The molecule has 0 N–H and O–H groups in total. The van der Waals surface area contributed by atoms with Gasteiger partial charge in [0.25, 0.3) is 0 Å². The summed E-state index contributed by atoms with van der Waals surface area (Å²) in [4.78, 5) is 4.58. The molecule has 3 heteroatoms. The van der Waals surface area contributed by atoms with E-state index >= 15 is 0 Å². The number of alkyl halides is 1. The molecule has 0 aromatic carbocycles. The zero-order valence-electron chi connectivity index (χ0n) is 11.5. The van der Waals surface area contributed by atoms with Gasteiger partial charge in [0.1, 0.15) is 5.75 Å². The molecule has 1 aliphatic rings. The van der Waals surface area contributed by atoms with Gasteiger partial charge in [0.15, 0.2) is 0 Å². The minimum Gasteiger partial charge on any atom is -0.496 e. The number of aryl methyl sites for hydroxylation is 1. The van der Waals surface area contributed by atoms with Gasteiger partial charge in [-0.05, 0) is 45.4 Å². The SMILES string of the molecule is COc1c(C)cnc(CC2CCCC(Cl)C2)c1C. The average molecular weight is 268 g/mol. The van der Waals surface area contributed by atoms with Crippen molar-refractivity contribution in [1.29, 1.82) is 0 Å². The third-order valence-corrected chi connectivity index (χ3v) is 4.35. The Hall–Kier alpha value is -0.760. The molecule has 0 aliphatic heterocycles. The zero-order valence-corrected chi connectivity index (χ0v) is 12.3. The molecule has 1 fully saturated rings. The topological polar surface area (TPSA) is 22.1 Å². The Morgan fingerprint density at radius 1 is 1.39 bits per heavy atom. The number of halogens is 1. The Bertz CT molecular complexity index is 419. The third-order valence-electron chi connectivity index (χ3n) is 3.95. The summed E-state index contributed by atoms with van der Waals surface area (Å²) in [5.74, 6) is 1.66. The first-order valence-electron chi connectivity index (χ1n) is 6.75. The van der Waals surface area contributed by atoms with Gasteiger partial charge in [-0.1, -0.05) is 6.42 Å². The second-order valence-electron chi connectivity index (χ2n) is 5.38. The molecule has 0 spiro atoms. The highest BCUT2D eigenvalue weighted by Crippen LogP contribution is 2.32. The molecule has 2 nitrogen and oxygen atoms in total. The predicted molar refractivity (Wildman–Crippen MR) is 75.6 cm³/mol. The van der Waals surface area contributed by atoms with Crippen LogP contribution < -0.4 is 4.74 Å². The molecule has 1 aliphatic carbocycles. The van der Waals surface area contributed by atoms with Crippen molar-refractivity contribution in [3.63, 3.8) is 0 Å². The van der Waals surface area contributed by atoms with Crippen LogP contribution in [-0.4, -0.2) is 17.5 Å². The second-order valence-corrected chi connectivity index (χ2v) is 6.00. The Morgan fingerprint density at radius 3 is 2.83 bits per heavy atom. The Balaban J connectivity index is 2.14. The van der Waals surface area contributed by atoms with Crippen LogP contribution in [0.5, 0.6) is 5.75 Å². The van der Waals surface area contributed by atoms with Crippen LogP contribution in [0, 0.1) is 19.8 Å². The van der Waals surface area contributed by atoms with E-state index in [2.05, 4.69) is 11.9 Å². The van der Waals surface area contributed by atoms with Crippen molar-refractivity contribution >= 4 is 11.6 Å². The number of hydrogen-bond donors (Lipinski definition) is 0. The summed E-state index contributed by atoms with van der Waals surface area (Å²) < 4.78 is 5.46. The van der Waals surface area contributed by atoms with Gasteiger partial charge in [-0.15, -0.1) is 11.6 Å². The minimum atomic E-state index is 0.358. The largest absolute Gasteiger partial charge is 0.496 e. The molecule has 0 radical (unpaired) electrons. The van der Waals surface area contributed by atoms with Crippen LogP contribution in [0.3, 0.4) is 0 Å². The number of hydrogen-bond acceptors (Lipinski definition) is 2. The van der Waals surface area contributed by atoms with Crippen LogP contribution in [0.4, 0.5) is 0 Å². The minimum absolute atomic E-state index is 0.358. The number of pyridine rings is 1. The van der Waals surface area contributed by atoms with Gasteiger partial charge in [-0.25, -0.2) is 0 Å². The maximum Gasteiger partial charge on any atom is 0.128 e. The van der Waals surface area contributed by atoms with E-state index in [4.69, 9.17) is 16.3 Å². The Kier molecular flexibility index (Phi) is 4.50. The molecule has 2 rings (SSSR count). The number of rotatable bonds is 3. The number of ether oxygens (including phenoxy) is 1. The molecule has 100 valence electrons. The maximum absolute atomic E-state index is 6.26. The average Bonchev–Trinajstić information content (AvgIpc) is 2.34. The van der Waals surface area contributed by atoms with Crippen molar-refractivity contribution in [2.24, 2.45) is 5.92 Å². The molecular formula is C15H22ClNO. The molecule has 0 saturated heterocycles. The fourth-order valence-electron chi connectivity index (χ4n) is 2.96. The summed E-state index contributed by atoms with van der Waals surface area (Å²) in [7, 11) is 1.73. The van der Waals surface area contributed by atoms with Crippen LogP contribution in [-0.2, 0) is 6.42 Å². The van der Waals surface area contributed by atoms with Crippen molar-refractivity contribution in [3.8, 4) is 5.75 Å². The number of aromatic nitrogens is 1. The lowest BCUT2D eigenvalue weighted by molar-refractivity contribution is 0.356. The van der Waals surface area contributed by atoms with Gasteiger partial charge in [0.2, 0.25) is 0 Å². The smallest absolute Gasteiger partial charge is 0.128 e. The summed E-state index contributed by atoms with van der Waals surface area (Å²) in [5.41, 5.74) is 3.47. The van der Waals surface area contributed by atoms with Gasteiger partial charge in [0.05, 0.1) is 7.11 Å². The first kappa shape index (κ1) is 13.7. The number of methoxy groups -OCH3 is 1. The molecule has 1 aromatic heterocycles. The van der Waals surface area contributed by atoms with Crippen molar-refractivity contribution < 1.29 is 4.74 Å². The van der Waals surface area contributed by atoms with Crippen molar-refractivity contribution in [2.75, 3.05) is 7.11 Å². The first-order chi connectivity index (χ1) is 8.61. The van der Waals surface area contributed by atoms with E-state index in [0.29, 0.717) is 11.3 Å². The lowest BCUT2D eigenvalue weighted by atomic mass is 9.85. The van der Waals surface area contributed by atoms with E-state index in [1.807, 2.05) is 13.1 Å². The van der Waals surface area contributed by atoms with Crippen molar-refractivity contribution in [1.82, 2.24) is 4.98 Å². The highest BCUT2D eigenvalue weighted by atomic mass is 35.5. The monoisotopic (exact) mass is 267 g/mol. The van der Waals surface area contributed by atoms with Crippen LogP contribution in [0.25, 0.3) is 0 Å². The fraction of sp³-hybridized carbons (Fsp3) is 0.667. The summed E-state index contributed by atoms with van der Waals surface area (Å²) in [6, 6.07) is 0. The summed E-state index contributed by atoms with van der Waals surface area (Å²) >= 11 is 6.26. The van der Waals surface area contributed by atoms with Gasteiger partial charge >= 0.3 is 0 Å². The Morgan fingerprint density at radius 2 is 2.17 bits per heavy atom. The van der Waals surface area contributed by atoms with E-state index in [1.165, 1.54) is 30.5 Å². The maximum atomic E-state index is 6.26. The third kappa shape index (κ3) is 2.97. The van der Waals surface area contributed by atoms with E-state index < -0.39 is 0 Å². The van der Waals surface area contributed by atoms with Crippen LogP contribution in [0.1, 0.15) is 42.5 Å². The van der Waals surface area contributed by atoms with E-state index in [-0.39, 0.29) is 0 Å². The molecule has 0 amide bonds. The van der Waals surface area contributed by atoms with Gasteiger partial charge in [-0.3, -0.25) is 4.98 Å². The van der Waals surface area contributed by atoms with Gasteiger partial charge < -0.3 is 4.74 Å². The van der Waals surface area contributed by atoms with Crippen molar-refractivity contribution in [3.05, 3.63) is 23.0 Å². The van der Waals surface area contributed by atoms with Crippen LogP contribution >= 0.6 is 11.6 Å². The predicted octanol–water partition coefficient (Wildman–Crippen LogP) is 4.05. The lowest BCUT2D eigenvalue weighted by Gasteiger charge is -2.25. The lowest BCUT2D eigenvalue weighted by Crippen LogP contribution is -2.18. The quantitative estimate of drug-likeness (QED) is 0.771. The summed E-state index contributed by atoms with van der Waals surface area (Å²) in [5, 5.41) is 0.358. The first-order valence-corrected chi connectivity index (χ1v) is 7.18. The second kappa shape index (κ2) is 5.92. The molecule has 1 aromatic rings. The number of nitrogens with zero attached hydrogens (tertiary/aromatic N) is 1. The molecule has 1 saturated carbocycles. The standard InChI is InChI=1S/C15H22ClNO/c1-10-9-17-14(11(2)15(10)18-3)8-12-5-4-6-13(16)7-12/h9,12-13H,4-8H2,1-3H3. The van der Waals surface area contributed by atoms with Crippen LogP contribution in [0.2, 0.25) is 0 Å². The molecular weight excluding hydrogens is 246 g/mol. The van der Waals surface area contributed by atoms with E-state index in [9.17, 15) is 0 Å². The zero-order chi connectivity index (χ0) is 13.1. The van der Waals surface area contributed by atoms with Crippen LogP contribution in [0.15, 0.2) is 6.20 Å². The fourth-order valence-corrected chi connectivity index (χ4v) is 3.37. The highest BCUT2D eigenvalue weighted by molar-refractivity contribution is 6.20. The summed E-state index contributed by atoms with van der Waals surface area (Å²) in [6.45, 7) is 4.15. The van der Waals surface area contributed by atoms with Gasteiger partial charge in [0, 0.05) is 28.4 Å². The van der Waals surface area contributed by atoms with E-state index in [1.54, 1.807) is 7.11 Å². The van der Waals surface area contributed by atoms with Gasteiger partial charge in [-0.2, -0.15) is 0 Å². The van der Waals surface area contributed by atoms with Crippen molar-refractivity contribution in [2.45, 2.75) is 51.3 Å².